The number of ether oxygens (including phenoxy) is 2. The Morgan fingerprint density at radius 3 is 2.78 bits per heavy atom. The Morgan fingerprint density at radius 2 is 2.06 bits per heavy atom. The normalized spacial score (nSPS) is 25.5. The summed E-state index contributed by atoms with van der Waals surface area (Å²) in [5, 5.41) is 3.38. The van der Waals surface area contributed by atoms with Crippen molar-refractivity contribution in [2.45, 2.75) is 38.2 Å². The molecule has 1 rings (SSSR count). The van der Waals surface area contributed by atoms with Crippen LogP contribution in [0.5, 0.6) is 0 Å². The molecule has 0 saturated carbocycles. The first-order chi connectivity index (χ1) is 8.70. The molecule has 1 saturated heterocycles. The van der Waals surface area contributed by atoms with E-state index in [4.69, 9.17) is 9.47 Å². The van der Waals surface area contributed by atoms with Crippen LogP contribution in [0.4, 0.5) is 0 Å². The summed E-state index contributed by atoms with van der Waals surface area (Å²) in [6.07, 6.45) is 4.96. The Hall–Kier alpha value is -0.160. The van der Waals surface area contributed by atoms with Crippen molar-refractivity contribution >= 4 is 0 Å². The van der Waals surface area contributed by atoms with Crippen LogP contribution in [0.15, 0.2) is 0 Å². The number of likely N-dealkylation sites (tertiary alicyclic amines) is 1. The number of nitrogens with one attached hydrogen (secondary N) is 1. The van der Waals surface area contributed by atoms with Gasteiger partial charge in [-0.1, -0.05) is 0 Å². The van der Waals surface area contributed by atoms with Crippen molar-refractivity contribution in [3.05, 3.63) is 0 Å². The standard InChI is InChI=1S/C14H30N2O2/c1-14(18-3)7-6-11-16(13-14)10-5-4-8-15-9-12-17-2/h15H,4-13H2,1-3H3. The zero-order valence-electron chi connectivity index (χ0n) is 12.3. The van der Waals surface area contributed by atoms with Gasteiger partial charge in [0, 0.05) is 27.3 Å². The number of piperidine rings is 1. The van der Waals surface area contributed by atoms with E-state index in [9.17, 15) is 0 Å². The highest BCUT2D eigenvalue weighted by Gasteiger charge is 2.30. The van der Waals surface area contributed by atoms with Gasteiger partial charge in [-0.2, -0.15) is 0 Å². The number of rotatable bonds is 9. The molecule has 1 heterocycles. The van der Waals surface area contributed by atoms with Gasteiger partial charge in [0.25, 0.3) is 0 Å². The number of hydrogen-bond acceptors (Lipinski definition) is 4. The van der Waals surface area contributed by atoms with Crippen LogP contribution in [0.2, 0.25) is 0 Å². The van der Waals surface area contributed by atoms with Crippen LogP contribution < -0.4 is 5.32 Å². The highest BCUT2D eigenvalue weighted by Crippen LogP contribution is 2.23. The van der Waals surface area contributed by atoms with Crippen LogP contribution in [0, 0.1) is 0 Å². The molecule has 1 unspecified atom stereocenters. The van der Waals surface area contributed by atoms with E-state index in [1.165, 1.54) is 38.8 Å². The third kappa shape index (κ3) is 6.14. The van der Waals surface area contributed by atoms with Crippen LogP contribution in [0.3, 0.4) is 0 Å². The van der Waals surface area contributed by atoms with Crippen molar-refractivity contribution in [3.8, 4) is 0 Å². The molecule has 0 aliphatic carbocycles. The Bertz CT molecular complexity index is 214. The molecular weight excluding hydrogens is 228 g/mol. The lowest BCUT2D eigenvalue weighted by molar-refractivity contribution is -0.0508. The van der Waals surface area contributed by atoms with E-state index in [0.717, 1.165) is 26.2 Å². The van der Waals surface area contributed by atoms with Gasteiger partial charge in [-0.15, -0.1) is 0 Å². The second-order valence-corrected chi connectivity index (χ2v) is 5.48. The minimum Gasteiger partial charge on any atom is -0.383 e. The Labute approximate surface area is 112 Å². The van der Waals surface area contributed by atoms with Crippen LogP contribution in [0.25, 0.3) is 0 Å². The molecule has 0 bridgehead atoms. The molecule has 108 valence electrons. The molecule has 1 N–H and O–H groups in total. The third-order valence-electron chi connectivity index (χ3n) is 3.79. The van der Waals surface area contributed by atoms with E-state index in [-0.39, 0.29) is 5.60 Å². The zero-order valence-corrected chi connectivity index (χ0v) is 12.3. The second kappa shape index (κ2) is 8.86. The van der Waals surface area contributed by atoms with Crippen molar-refractivity contribution in [3.63, 3.8) is 0 Å². The number of methoxy groups -OCH3 is 2. The van der Waals surface area contributed by atoms with E-state index in [2.05, 4.69) is 17.1 Å². The predicted octanol–water partition coefficient (Wildman–Crippen LogP) is 1.50. The number of hydrogen-bond donors (Lipinski definition) is 1. The molecular formula is C14H30N2O2. The van der Waals surface area contributed by atoms with Crippen molar-refractivity contribution in [1.29, 1.82) is 0 Å². The fourth-order valence-corrected chi connectivity index (χ4v) is 2.55. The largest absolute Gasteiger partial charge is 0.383 e. The molecule has 0 aromatic carbocycles. The molecule has 18 heavy (non-hydrogen) atoms. The summed E-state index contributed by atoms with van der Waals surface area (Å²) in [6.45, 7) is 8.60. The van der Waals surface area contributed by atoms with Gasteiger partial charge < -0.3 is 19.7 Å². The molecule has 1 fully saturated rings. The van der Waals surface area contributed by atoms with Crippen molar-refractivity contribution in [1.82, 2.24) is 10.2 Å². The highest BCUT2D eigenvalue weighted by atomic mass is 16.5. The predicted molar refractivity (Wildman–Crippen MR) is 75.1 cm³/mol. The topological polar surface area (TPSA) is 33.7 Å². The lowest BCUT2D eigenvalue weighted by Crippen LogP contribution is -2.47. The smallest absolute Gasteiger partial charge is 0.0777 e. The zero-order chi connectivity index (χ0) is 13.3. The summed E-state index contributed by atoms with van der Waals surface area (Å²) < 4.78 is 10.6. The summed E-state index contributed by atoms with van der Waals surface area (Å²) in [7, 11) is 3.58. The maximum atomic E-state index is 5.61. The van der Waals surface area contributed by atoms with Gasteiger partial charge in [-0.25, -0.2) is 0 Å². The van der Waals surface area contributed by atoms with Crippen molar-refractivity contribution < 1.29 is 9.47 Å². The van der Waals surface area contributed by atoms with Crippen LogP contribution in [0.1, 0.15) is 32.6 Å². The van der Waals surface area contributed by atoms with Gasteiger partial charge in [0.05, 0.1) is 12.2 Å². The summed E-state index contributed by atoms with van der Waals surface area (Å²) in [5.74, 6) is 0. The molecule has 0 amide bonds. The highest BCUT2D eigenvalue weighted by molar-refractivity contribution is 4.84. The van der Waals surface area contributed by atoms with E-state index in [1.54, 1.807) is 7.11 Å². The Balaban J connectivity index is 2.01. The summed E-state index contributed by atoms with van der Waals surface area (Å²) >= 11 is 0. The fourth-order valence-electron chi connectivity index (χ4n) is 2.55. The van der Waals surface area contributed by atoms with Crippen molar-refractivity contribution in [2.75, 3.05) is 53.6 Å². The SMILES string of the molecule is COCCNCCCCN1CCCC(C)(OC)C1. The maximum absolute atomic E-state index is 5.61. The first-order valence-electron chi connectivity index (χ1n) is 7.17. The molecule has 1 aliphatic heterocycles. The average Bonchev–Trinajstić information content (AvgIpc) is 2.38. The minimum atomic E-state index is 0.0783. The monoisotopic (exact) mass is 258 g/mol. The molecule has 0 aromatic heterocycles. The Morgan fingerprint density at radius 1 is 1.22 bits per heavy atom. The average molecular weight is 258 g/mol. The minimum absolute atomic E-state index is 0.0783. The first kappa shape index (κ1) is 15.9. The number of unbranched alkanes of at least 4 members (excludes halogenated alkanes) is 1. The molecule has 0 radical (unpaired) electrons. The summed E-state index contributed by atoms with van der Waals surface area (Å²) in [4.78, 5) is 2.54. The van der Waals surface area contributed by atoms with Crippen LogP contribution >= 0.6 is 0 Å². The van der Waals surface area contributed by atoms with Gasteiger partial charge in [-0.05, 0) is 52.2 Å². The van der Waals surface area contributed by atoms with E-state index >= 15 is 0 Å². The van der Waals surface area contributed by atoms with E-state index < -0.39 is 0 Å². The number of nitrogens with zero attached hydrogens (tertiary/aromatic N) is 1. The van der Waals surface area contributed by atoms with E-state index in [0.29, 0.717) is 0 Å². The lowest BCUT2D eigenvalue weighted by Gasteiger charge is -2.39. The van der Waals surface area contributed by atoms with E-state index in [1.807, 2.05) is 7.11 Å². The lowest BCUT2D eigenvalue weighted by atomic mass is 9.94. The van der Waals surface area contributed by atoms with Gasteiger partial charge in [0.1, 0.15) is 0 Å². The van der Waals surface area contributed by atoms with Gasteiger partial charge in [0.2, 0.25) is 0 Å². The first-order valence-corrected chi connectivity index (χ1v) is 7.17. The van der Waals surface area contributed by atoms with Crippen LogP contribution in [-0.4, -0.2) is 64.1 Å². The molecule has 0 spiro atoms. The summed E-state index contributed by atoms with van der Waals surface area (Å²) in [5.41, 5.74) is 0.0783. The molecule has 1 aliphatic rings. The molecule has 0 aromatic rings. The van der Waals surface area contributed by atoms with Gasteiger partial charge in [0.15, 0.2) is 0 Å². The fraction of sp³-hybridized carbons (Fsp3) is 1.00. The molecule has 1 atom stereocenters. The van der Waals surface area contributed by atoms with Crippen LogP contribution in [-0.2, 0) is 9.47 Å². The molecule has 4 heteroatoms. The van der Waals surface area contributed by atoms with Gasteiger partial charge >= 0.3 is 0 Å². The quantitative estimate of drug-likeness (QED) is 0.636. The second-order valence-electron chi connectivity index (χ2n) is 5.48. The Kier molecular flexibility index (Phi) is 7.82. The summed E-state index contributed by atoms with van der Waals surface area (Å²) in [6, 6.07) is 0. The van der Waals surface area contributed by atoms with Crippen molar-refractivity contribution in [2.24, 2.45) is 0 Å². The van der Waals surface area contributed by atoms with Gasteiger partial charge in [-0.3, -0.25) is 0 Å². The third-order valence-corrected chi connectivity index (χ3v) is 3.79. The maximum Gasteiger partial charge on any atom is 0.0777 e. The molecule has 4 nitrogen and oxygen atoms in total.